The maximum absolute atomic E-state index is 5.03. The summed E-state index contributed by atoms with van der Waals surface area (Å²) < 4.78 is 0. The largest absolute Gasteiger partial charge is 0.330 e. The second-order valence-electron chi connectivity index (χ2n) is 3.53. The van der Waals surface area contributed by atoms with Crippen LogP contribution in [0.1, 0.15) is 53.8 Å². The second kappa shape index (κ2) is 8.06. The van der Waals surface area contributed by atoms with Crippen LogP contribution in [0.4, 0.5) is 0 Å². The molecule has 0 aromatic rings. The van der Waals surface area contributed by atoms with Crippen LogP contribution >= 0.6 is 0 Å². The van der Waals surface area contributed by atoms with Gasteiger partial charge in [-0.05, 0) is 18.9 Å². The Kier molecular flexibility index (Phi) is 8.03. The van der Waals surface area contributed by atoms with Crippen LogP contribution < -0.4 is 5.73 Å². The molecule has 1 heteroatoms. The van der Waals surface area contributed by atoms with E-state index in [1.807, 2.05) is 0 Å². The zero-order valence-corrected chi connectivity index (χ0v) is 8.10. The maximum atomic E-state index is 5.03. The molecule has 11 heavy (non-hydrogen) atoms. The van der Waals surface area contributed by atoms with Crippen LogP contribution in [0.15, 0.2) is 0 Å². The highest BCUT2D eigenvalue weighted by atomic mass is 14.5. The first-order chi connectivity index (χ1) is 5.31. The van der Waals surface area contributed by atoms with E-state index >= 15 is 0 Å². The highest BCUT2D eigenvalue weighted by Crippen LogP contribution is 2.21. The van der Waals surface area contributed by atoms with Crippen LogP contribution in [0.25, 0.3) is 0 Å². The topological polar surface area (TPSA) is 26.0 Å². The molecule has 1 rings (SSSR count). The fraction of sp³-hybridized carbons (Fsp3) is 1.00. The van der Waals surface area contributed by atoms with Crippen molar-refractivity contribution in [3.63, 3.8) is 0 Å². The van der Waals surface area contributed by atoms with E-state index in [2.05, 4.69) is 13.8 Å². The van der Waals surface area contributed by atoms with E-state index in [1.54, 1.807) is 0 Å². The lowest BCUT2D eigenvalue weighted by Gasteiger charge is -2.15. The lowest BCUT2D eigenvalue weighted by atomic mass is 9.91. The minimum atomic E-state index is 0. The van der Waals surface area contributed by atoms with Gasteiger partial charge in [-0.2, -0.15) is 0 Å². The molecule has 0 radical (unpaired) electrons. The average molecular weight is 159 g/mol. The Morgan fingerprint density at radius 2 is 1.73 bits per heavy atom. The van der Waals surface area contributed by atoms with Gasteiger partial charge in [0, 0.05) is 1.43 Å². The molecule has 0 saturated heterocycles. The molecule has 1 saturated carbocycles. The van der Waals surface area contributed by atoms with Gasteiger partial charge in [-0.3, -0.25) is 0 Å². The molecule has 70 valence electrons. The van der Waals surface area contributed by atoms with Crippen molar-refractivity contribution in [2.24, 2.45) is 11.7 Å². The van der Waals surface area contributed by atoms with E-state index in [0.717, 1.165) is 18.9 Å². The summed E-state index contributed by atoms with van der Waals surface area (Å²) >= 11 is 0. The summed E-state index contributed by atoms with van der Waals surface area (Å²) in [5.41, 5.74) is 5.03. The minimum absolute atomic E-state index is 0. The van der Waals surface area contributed by atoms with Gasteiger partial charge in [0.1, 0.15) is 0 Å². The fourth-order valence-electron chi connectivity index (χ4n) is 1.31. The predicted molar refractivity (Wildman–Crippen MR) is 53.7 cm³/mol. The third-order valence-corrected chi connectivity index (χ3v) is 2.18. The van der Waals surface area contributed by atoms with Crippen LogP contribution in [-0.2, 0) is 0 Å². The molecule has 0 bridgehead atoms. The van der Waals surface area contributed by atoms with Crippen molar-refractivity contribution in [1.82, 2.24) is 0 Å². The highest BCUT2D eigenvalue weighted by molar-refractivity contribution is 4.59. The first kappa shape index (κ1) is 11.0. The number of nitrogens with two attached hydrogens (primary N) is 1. The van der Waals surface area contributed by atoms with Gasteiger partial charge in [0.2, 0.25) is 0 Å². The van der Waals surface area contributed by atoms with Crippen molar-refractivity contribution in [2.45, 2.75) is 52.4 Å². The lowest BCUT2D eigenvalue weighted by Crippen LogP contribution is -1.99. The quantitative estimate of drug-likeness (QED) is 0.624. The monoisotopic (exact) mass is 159 g/mol. The summed E-state index contributed by atoms with van der Waals surface area (Å²) in [7, 11) is 0. The van der Waals surface area contributed by atoms with Crippen molar-refractivity contribution in [1.29, 1.82) is 0 Å². The van der Waals surface area contributed by atoms with Crippen molar-refractivity contribution in [3.8, 4) is 0 Å². The van der Waals surface area contributed by atoms with E-state index in [9.17, 15) is 0 Å². The predicted octanol–water partition coefficient (Wildman–Crippen LogP) is 3.19. The third-order valence-electron chi connectivity index (χ3n) is 2.18. The second-order valence-corrected chi connectivity index (χ2v) is 3.53. The first-order valence-electron chi connectivity index (χ1n) is 5.01. The fourth-order valence-corrected chi connectivity index (χ4v) is 1.31. The van der Waals surface area contributed by atoms with Crippen molar-refractivity contribution in [3.05, 3.63) is 0 Å². The molecule has 0 aromatic heterocycles. The number of hydrogen-bond acceptors (Lipinski definition) is 1. The Labute approximate surface area is 72.8 Å². The van der Waals surface area contributed by atoms with Gasteiger partial charge in [0.15, 0.2) is 0 Å². The van der Waals surface area contributed by atoms with Crippen LogP contribution in [-0.4, -0.2) is 6.54 Å². The lowest BCUT2D eigenvalue weighted by molar-refractivity contribution is 0.385. The minimum Gasteiger partial charge on any atom is -0.330 e. The Morgan fingerprint density at radius 1 is 1.27 bits per heavy atom. The molecule has 0 amide bonds. The zero-order valence-electron chi connectivity index (χ0n) is 8.10. The van der Waals surface area contributed by atoms with E-state index in [0.29, 0.717) is 0 Å². The van der Waals surface area contributed by atoms with Gasteiger partial charge in [-0.15, -0.1) is 0 Å². The number of hydrogen-bond donors (Lipinski definition) is 1. The molecule has 0 aliphatic heterocycles. The Bertz CT molecular complexity index is 68.2. The Balaban J connectivity index is 0. The summed E-state index contributed by atoms with van der Waals surface area (Å²) in [4.78, 5) is 0. The molecule has 1 aliphatic rings. The van der Waals surface area contributed by atoms with Gasteiger partial charge in [0.05, 0.1) is 0 Å². The van der Waals surface area contributed by atoms with Gasteiger partial charge < -0.3 is 5.73 Å². The summed E-state index contributed by atoms with van der Waals surface area (Å²) in [5, 5.41) is 0. The molecular formula is C10H25N. The van der Waals surface area contributed by atoms with Gasteiger partial charge in [0.25, 0.3) is 0 Å². The summed E-state index contributed by atoms with van der Waals surface area (Å²) in [6.07, 6.45) is 8.53. The van der Waals surface area contributed by atoms with E-state index in [4.69, 9.17) is 5.73 Å². The summed E-state index contributed by atoms with van der Waals surface area (Å²) in [6.45, 7) is 5.24. The molecule has 0 spiro atoms. The molecule has 1 aliphatic carbocycles. The van der Waals surface area contributed by atoms with E-state index in [1.165, 1.54) is 32.1 Å². The maximum Gasteiger partial charge on any atom is 0 e. The van der Waals surface area contributed by atoms with Gasteiger partial charge in [-0.1, -0.05) is 46.0 Å². The molecule has 0 unspecified atom stereocenters. The molecule has 0 atom stereocenters. The van der Waals surface area contributed by atoms with Crippen LogP contribution in [0.5, 0.6) is 0 Å². The first-order valence-corrected chi connectivity index (χ1v) is 5.01. The molecule has 0 aromatic carbocycles. The van der Waals surface area contributed by atoms with E-state index in [-0.39, 0.29) is 1.43 Å². The molecule has 1 nitrogen and oxygen atoms in total. The van der Waals surface area contributed by atoms with Crippen LogP contribution in [0.3, 0.4) is 0 Å². The standard InChI is InChI=1S/C7H14.C3H9N.H2/c1-7-5-3-2-4-6-7;1-2-3-4;/h7H,2-6H2,1H3;2-4H2,1H3;1H. The SMILES string of the molecule is CC1CCCCC1.CCCN.[HH]. The molecular weight excluding hydrogens is 134 g/mol. The van der Waals surface area contributed by atoms with Crippen LogP contribution in [0.2, 0.25) is 0 Å². The highest BCUT2D eigenvalue weighted by Gasteiger charge is 2.05. The third kappa shape index (κ3) is 7.86. The average Bonchev–Trinajstić information content (AvgIpc) is 2.07. The van der Waals surface area contributed by atoms with Crippen molar-refractivity contribution >= 4 is 0 Å². The van der Waals surface area contributed by atoms with Crippen LogP contribution in [0, 0.1) is 5.92 Å². The van der Waals surface area contributed by atoms with Gasteiger partial charge in [-0.25, -0.2) is 0 Å². The van der Waals surface area contributed by atoms with E-state index < -0.39 is 0 Å². The zero-order chi connectivity index (χ0) is 8.53. The Morgan fingerprint density at radius 3 is 1.91 bits per heavy atom. The molecule has 2 N–H and O–H groups in total. The summed E-state index contributed by atoms with van der Waals surface area (Å²) in [5.74, 6) is 1.04. The normalized spacial score (nSPS) is 18.8. The summed E-state index contributed by atoms with van der Waals surface area (Å²) in [6, 6.07) is 0. The number of rotatable bonds is 1. The molecule has 1 fully saturated rings. The van der Waals surface area contributed by atoms with Crippen molar-refractivity contribution in [2.75, 3.05) is 6.54 Å². The Hall–Kier alpha value is -0.0400. The smallest absolute Gasteiger partial charge is 0 e. The van der Waals surface area contributed by atoms with Crippen molar-refractivity contribution < 1.29 is 1.43 Å². The van der Waals surface area contributed by atoms with Gasteiger partial charge >= 0.3 is 0 Å². The molecule has 0 heterocycles.